The van der Waals surface area contributed by atoms with Crippen molar-refractivity contribution in [1.82, 2.24) is 0 Å². The van der Waals surface area contributed by atoms with Gasteiger partial charge in [-0.15, -0.1) is 11.5 Å². The van der Waals surface area contributed by atoms with Crippen LogP contribution in [0.5, 0.6) is 23.0 Å². The summed E-state index contributed by atoms with van der Waals surface area (Å²) in [5.74, 6) is -2.67. The molecule has 0 heterocycles. The van der Waals surface area contributed by atoms with Gasteiger partial charge in [-0.3, -0.25) is 0 Å². The Morgan fingerprint density at radius 1 is 0.424 bits per heavy atom. The molecule has 10 nitrogen and oxygen atoms in total. The average Bonchev–Trinajstić information content (AvgIpc) is 3.05. The van der Waals surface area contributed by atoms with Crippen LogP contribution in [0, 0.1) is 27.7 Å². The Morgan fingerprint density at radius 2 is 0.627 bits per heavy atom. The summed E-state index contributed by atoms with van der Waals surface area (Å²) in [5.41, 5.74) is 3.66. The fourth-order valence-electron chi connectivity index (χ4n) is 6.49. The maximum atomic E-state index is 13.0. The molecular formula is C48H58MnO10. The summed E-state index contributed by atoms with van der Waals surface area (Å²) in [4.78, 5) is 48.4. The Balaban J connectivity index is 0.000000400. The first-order chi connectivity index (χ1) is 26.2. The topological polar surface area (TPSA) is 173 Å². The summed E-state index contributed by atoms with van der Waals surface area (Å²) in [6.07, 6.45) is 0. The number of hydrogen-bond donors (Lipinski definition) is 2. The largest absolute Gasteiger partial charge is 2.00 e. The number of carboxylic acids is 2. The summed E-state index contributed by atoms with van der Waals surface area (Å²) < 4.78 is 11.3. The number of carbonyl (C=O) groups excluding carboxylic acids is 2. The molecule has 0 saturated heterocycles. The molecule has 0 spiro atoms. The van der Waals surface area contributed by atoms with E-state index in [-0.39, 0.29) is 39.7 Å². The van der Waals surface area contributed by atoms with Gasteiger partial charge in [0.1, 0.15) is 11.5 Å². The van der Waals surface area contributed by atoms with Crippen LogP contribution in [0.4, 0.5) is 0 Å². The van der Waals surface area contributed by atoms with E-state index in [1.807, 2.05) is 83.1 Å². The minimum Gasteiger partial charge on any atom is -0.872 e. The molecule has 11 heteroatoms. The molecule has 4 aromatic rings. The zero-order chi connectivity index (χ0) is 44.6. The van der Waals surface area contributed by atoms with Gasteiger partial charge in [-0.25, -0.2) is 19.2 Å². The fraction of sp³-hybridized carbons (Fsp3) is 0.417. The number of benzene rings is 4. The summed E-state index contributed by atoms with van der Waals surface area (Å²) >= 11 is 0. The van der Waals surface area contributed by atoms with Crippen LogP contribution in [-0.4, -0.2) is 34.1 Å². The number of rotatable bonds is 6. The Hall–Kier alpha value is -5.12. The number of aromatic carboxylic acids is 2. The zero-order valence-corrected chi connectivity index (χ0v) is 38.3. The Morgan fingerprint density at radius 3 is 0.797 bits per heavy atom. The maximum absolute atomic E-state index is 13.0. The van der Waals surface area contributed by atoms with Crippen molar-refractivity contribution < 1.29 is 66.1 Å². The molecule has 0 unspecified atom stereocenters. The van der Waals surface area contributed by atoms with Gasteiger partial charge in [0.25, 0.3) is 0 Å². The number of carboxylic acid groups (broad SMARTS) is 2. The predicted octanol–water partition coefficient (Wildman–Crippen LogP) is 9.78. The molecule has 2 N–H and O–H groups in total. The van der Waals surface area contributed by atoms with E-state index in [9.17, 15) is 39.6 Å². The first-order valence-corrected chi connectivity index (χ1v) is 19.1. The van der Waals surface area contributed by atoms with Crippen LogP contribution in [0.15, 0.2) is 48.5 Å². The Labute approximate surface area is 359 Å². The minimum absolute atomic E-state index is 0. The van der Waals surface area contributed by atoms with Gasteiger partial charge in [-0.2, -0.15) is 0 Å². The molecule has 1 radical (unpaired) electrons. The monoisotopic (exact) mass is 849 g/mol. The molecule has 0 aliphatic heterocycles. The molecule has 0 amide bonds. The van der Waals surface area contributed by atoms with Crippen molar-refractivity contribution in [1.29, 1.82) is 0 Å². The maximum Gasteiger partial charge on any atom is 2.00 e. The van der Waals surface area contributed by atoms with Crippen molar-refractivity contribution >= 4 is 23.9 Å². The summed E-state index contributed by atoms with van der Waals surface area (Å²) in [6.45, 7) is 30.0. The van der Waals surface area contributed by atoms with Gasteiger partial charge in [0, 0.05) is 0 Å². The predicted molar refractivity (Wildman–Crippen MR) is 222 cm³/mol. The number of carbonyl (C=O) groups is 4. The van der Waals surface area contributed by atoms with E-state index >= 15 is 0 Å². The standard InChI is InChI=1S/2C24H30O5.Mn/c2*1-13-9-15(21(26)27)10-14(2)20(13)29-22(28)16-11-17(23(3,4)5)19(25)18(12-16)24(6,7)8;/h2*9-12,25H,1-8H3,(H,26,27);/q;;+2/p-2. The van der Waals surface area contributed by atoms with Gasteiger partial charge in [-0.05, 0) is 142 Å². The summed E-state index contributed by atoms with van der Waals surface area (Å²) in [5, 5.41) is 44.4. The van der Waals surface area contributed by atoms with Gasteiger partial charge >= 0.3 is 40.9 Å². The SMILES string of the molecule is Cc1cc(C(=O)O)cc(C)c1OC(=O)c1cc(C(C)(C)C)c([O-])c(C(C)(C)C)c1.Cc1cc(C(=O)O)cc(C)c1OC(=O)c1cc(C(C)(C)C)c([O-])c(C(C)(C)C)c1.[Mn+2]. The molecular weight excluding hydrogens is 791 g/mol. The molecule has 0 aliphatic rings. The second kappa shape index (κ2) is 18.0. The van der Waals surface area contributed by atoms with Crippen molar-refractivity contribution in [3.05, 3.63) is 115 Å². The van der Waals surface area contributed by atoms with Crippen molar-refractivity contribution in [3.63, 3.8) is 0 Å². The third-order valence-electron chi connectivity index (χ3n) is 9.69. The van der Waals surface area contributed by atoms with Crippen molar-refractivity contribution in [2.75, 3.05) is 0 Å². The first kappa shape index (κ1) is 50.0. The molecule has 0 bridgehead atoms. The van der Waals surface area contributed by atoms with E-state index in [1.165, 1.54) is 24.3 Å². The van der Waals surface area contributed by atoms with E-state index in [1.54, 1.807) is 52.0 Å². The van der Waals surface area contributed by atoms with Crippen LogP contribution in [0.25, 0.3) is 0 Å². The van der Waals surface area contributed by atoms with Crippen molar-refractivity contribution in [2.24, 2.45) is 0 Å². The van der Waals surface area contributed by atoms with Crippen LogP contribution < -0.4 is 19.7 Å². The van der Waals surface area contributed by atoms with E-state index in [0.717, 1.165) is 0 Å². The van der Waals surface area contributed by atoms with Crippen molar-refractivity contribution in [3.8, 4) is 23.0 Å². The fourth-order valence-corrected chi connectivity index (χ4v) is 6.49. The molecule has 4 rings (SSSR count). The second-order valence-electron chi connectivity index (χ2n) is 19.1. The van der Waals surface area contributed by atoms with Gasteiger partial charge in [0.05, 0.1) is 22.3 Å². The van der Waals surface area contributed by atoms with Crippen LogP contribution in [-0.2, 0) is 38.7 Å². The second-order valence-corrected chi connectivity index (χ2v) is 19.1. The third kappa shape index (κ3) is 12.0. The van der Waals surface area contributed by atoms with Crippen LogP contribution >= 0.6 is 0 Å². The summed E-state index contributed by atoms with van der Waals surface area (Å²) in [6, 6.07) is 12.3. The number of esters is 2. The third-order valence-corrected chi connectivity index (χ3v) is 9.69. The molecule has 317 valence electrons. The van der Waals surface area contributed by atoms with E-state index in [4.69, 9.17) is 9.47 Å². The van der Waals surface area contributed by atoms with Crippen molar-refractivity contribution in [2.45, 2.75) is 132 Å². The van der Waals surface area contributed by atoms with E-state index in [0.29, 0.717) is 67.1 Å². The number of hydrogen-bond acceptors (Lipinski definition) is 8. The molecule has 0 fully saturated rings. The first-order valence-electron chi connectivity index (χ1n) is 19.1. The number of aryl methyl sites for hydroxylation is 4. The molecule has 0 aromatic heterocycles. The minimum atomic E-state index is -1.04. The van der Waals surface area contributed by atoms with Gasteiger partial charge < -0.3 is 29.9 Å². The van der Waals surface area contributed by atoms with Gasteiger partial charge in [0.15, 0.2) is 0 Å². The van der Waals surface area contributed by atoms with E-state index < -0.39 is 45.5 Å². The molecule has 0 aliphatic carbocycles. The zero-order valence-electron chi connectivity index (χ0n) is 37.2. The van der Waals surface area contributed by atoms with Gasteiger partial charge in [-0.1, -0.05) is 83.1 Å². The van der Waals surface area contributed by atoms with Gasteiger partial charge in [0.2, 0.25) is 0 Å². The molecule has 0 saturated carbocycles. The normalized spacial score (nSPS) is 11.8. The quantitative estimate of drug-likeness (QED) is 0.108. The Bertz CT molecular complexity index is 2000. The molecule has 4 aromatic carbocycles. The van der Waals surface area contributed by atoms with E-state index in [2.05, 4.69) is 0 Å². The molecule has 59 heavy (non-hydrogen) atoms. The average molecular weight is 850 g/mol. The van der Waals surface area contributed by atoms with Crippen LogP contribution in [0.2, 0.25) is 0 Å². The van der Waals surface area contributed by atoms with Crippen LogP contribution in [0.3, 0.4) is 0 Å². The van der Waals surface area contributed by atoms with Crippen LogP contribution in [0.1, 0.15) is 169 Å². The number of ether oxygens (including phenoxy) is 2. The summed E-state index contributed by atoms with van der Waals surface area (Å²) in [7, 11) is 0. The smallest absolute Gasteiger partial charge is 0.872 e. The Kier molecular flexibility index (Phi) is 15.3. The molecule has 0 atom stereocenters.